The smallest absolute Gasteiger partial charge is 0.132 e. The minimum atomic E-state index is -0.167. The van der Waals surface area contributed by atoms with Crippen LogP contribution < -0.4 is 0 Å². The largest absolute Gasteiger partial charge is 0.475 e. The van der Waals surface area contributed by atoms with Crippen molar-refractivity contribution in [2.75, 3.05) is 0 Å². The second-order valence-electron chi connectivity index (χ2n) is 15.3. The molecule has 3 heterocycles. The van der Waals surface area contributed by atoms with E-state index < -0.39 is 0 Å². The third-order valence-corrected chi connectivity index (χ3v) is 11.0. The number of nitrogens with zero attached hydrogens (tertiary/aromatic N) is 2. The van der Waals surface area contributed by atoms with Crippen molar-refractivity contribution in [3.05, 3.63) is 144 Å². The first kappa shape index (κ1) is 33.8. The maximum absolute atomic E-state index is 6.87. The molecule has 1 radical (unpaired) electrons. The van der Waals surface area contributed by atoms with Gasteiger partial charge in [0.15, 0.2) is 0 Å². The van der Waals surface area contributed by atoms with Gasteiger partial charge in [0.1, 0.15) is 5.58 Å². The van der Waals surface area contributed by atoms with E-state index in [-0.39, 0.29) is 36.4 Å². The van der Waals surface area contributed by atoms with E-state index in [0.717, 1.165) is 44.5 Å². The summed E-state index contributed by atoms with van der Waals surface area (Å²) in [6.07, 6.45) is 3.75. The number of rotatable bonds is 1. The van der Waals surface area contributed by atoms with E-state index in [0.29, 0.717) is 0 Å². The summed E-state index contributed by atoms with van der Waals surface area (Å²) in [5.41, 5.74) is 9.72. The van der Waals surface area contributed by atoms with E-state index in [2.05, 4.69) is 138 Å². The van der Waals surface area contributed by atoms with Gasteiger partial charge in [-0.05, 0) is 66.9 Å². The quantitative estimate of drug-likeness (QED) is 0.122. The molecule has 0 atom stereocenters. The van der Waals surface area contributed by atoms with Crippen molar-refractivity contribution in [1.29, 1.82) is 0 Å². The Morgan fingerprint density at radius 1 is 0.660 bits per heavy atom. The van der Waals surface area contributed by atoms with Crippen molar-refractivity contribution in [3.63, 3.8) is 0 Å². The van der Waals surface area contributed by atoms with Crippen LogP contribution in [0.15, 0.2) is 120 Å². The third kappa shape index (κ3) is 5.29. The van der Waals surface area contributed by atoms with Crippen LogP contribution in [0.2, 0.25) is 0 Å². The standard InChI is InChI=1S/C31H24NO.C15H16N.Ir/c1-30(2)24-10-7-17-32-27(24)23-16-15-22-21-14-13-19-12-11-18-8-5-6-9-20(18)25(19)28(21)33-29(22)26(23)31(30,3)4;1-15(2,3)13-9-10-16-14(11-13)12-7-5-4-6-8-12;/h5-15,17H,1-4H3;4-7,9-11H,1-3H3;/q2*-1;. The maximum atomic E-state index is 6.87. The van der Waals surface area contributed by atoms with E-state index in [1.807, 2.05) is 42.7 Å². The van der Waals surface area contributed by atoms with Gasteiger partial charge in [0.2, 0.25) is 0 Å². The second-order valence-corrected chi connectivity index (χ2v) is 15.3. The molecule has 0 saturated heterocycles. The molecule has 1 aliphatic rings. The van der Waals surface area contributed by atoms with Gasteiger partial charge in [-0.25, -0.2) is 0 Å². The Hall–Kier alpha value is -4.63. The minimum Gasteiger partial charge on any atom is -0.475 e. The van der Waals surface area contributed by atoms with E-state index in [1.165, 1.54) is 38.2 Å². The molecule has 0 fully saturated rings. The fraction of sp³-hybridized carbons (Fsp3) is 0.217. The van der Waals surface area contributed by atoms with E-state index in [4.69, 9.17) is 9.40 Å². The first-order valence-electron chi connectivity index (χ1n) is 17.1. The number of hydrogen-bond donors (Lipinski definition) is 0. The summed E-state index contributed by atoms with van der Waals surface area (Å²) < 4.78 is 6.87. The summed E-state index contributed by atoms with van der Waals surface area (Å²) in [7, 11) is 0. The van der Waals surface area contributed by atoms with Crippen LogP contribution in [0.1, 0.15) is 65.2 Å². The van der Waals surface area contributed by atoms with Gasteiger partial charge in [0.25, 0.3) is 0 Å². The van der Waals surface area contributed by atoms with Crippen LogP contribution in [-0.4, -0.2) is 9.97 Å². The van der Waals surface area contributed by atoms with Gasteiger partial charge >= 0.3 is 0 Å². The number of aromatic nitrogens is 2. The fourth-order valence-electron chi connectivity index (χ4n) is 7.46. The number of fused-ring (bicyclic) bond motifs is 11. The van der Waals surface area contributed by atoms with Gasteiger partial charge in [-0.2, -0.15) is 0 Å². The molecule has 251 valence electrons. The molecule has 3 nitrogen and oxygen atoms in total. The Kier molecular flexibility index (Phi) is 8.33. The van der Waals surface area contributed by atoms with Gasteiger partial charge in [-0.3, -0.25) is 0 Å². The normalized spacial score (nSPS) is 14.5. The molecule has 4 heteroatoms. The van der Waals surface area contributed by atoms with Crippen molar-refractivity contribution < 1.29 is 24.5 Å². The average molecular weight is 829 g/mol. The number of hydrogen-bond acceptors (Lipinski definition) is 3. The summed E-state index contributed by atoms with van der Waals surface area (Å²) in [5, 5.41) is 7.11. The zero-order chi connectivity index (χ0) is 34.1. The number of pyridine rings is 2. The van der Waals surface area contributed by atoms with Crippen LogP contribution in [0, 0.1) is 12.1 Å². The van der Waals surface area contributed by atoms with E-state index in [9.17, 15) is 0 Å². The molecular formula is C46H40IrN2O-2. The Morgan fingerprint density at radius 2 is 1.42 bits per heavy atom. The van der Waals surface area contributed by atoms with Crippen LogP contribution in [0.4, 0.5) is 0 Å². The van der Waals surface area contributed by atoms with Gasteiger partial charge in [0.05, 0.1) is 5.58 Å². The van der Waals surface area contributed by atoms with E-state index in [1.54, 1.807) is 0 Å². The van der Waals surface area contributed by atoms with Gasteiger partial charge in [-0.1, -0.05) is 126 Å². The molecule has 0 aliphatic heterocycles. The van der Waals surface area contributed by atoms with Crippen molar-refractivity contribution in [3.8, 4) is 22.5 Å². The third-order valence-electron chi connectivity index (χ3n) is 11.0. The van der Waals surface area contributed by atoms with Crippen LogP contribution in [0.25, 0.3) is 66.0 Å². The van der Waals surface area contributed by atoms with E-state index >= 15 is 0 Å². The molecule has 0 amide bonds. The minimum absolute atomic E-state index is 0. The molecule has 9 rings (SSSR count). The van der Waals surface area contributed by atoms with Gasteiger partial charge in [0, 0.05) is 37.9 Å². The van der Waals surface area contributed by atoms with Crippen LogP contribution in [0.5, 0.6) is 0 Å². The molecule has 0 N–H and O–H groups in total. The Labute approximate surface area is 308 Å². The second kappa shape index (κ2) is 12.3. The number of furan rings is 1. The van der Waals surface area contributed by atoms with Gasteiger partial charge in [-0.15, -0.1) is 53.6 Å². The Balaban J connectivity index is 0.000000196. The summed E-state index contributed by atoms with van der Waals surface area (Å²) in [6, 6.07) is 42.7. The summed E-state index contributed by atoms with van der Waals surface area (Å²) >= 11 is 0. The van der Waals surface area contributed by atoms with Crippen molar-refractivity contribution >= 4 is 43.5 Å². The molecule has 1 aliphatic carbocycles. The molecule has 3 aromatic heterocycles. The first-order chi connectivity index (χ1) is 23.5. The Morgan fingerprint density at radius 3 is 2.20 bits per heavy atom. The van der Waals surface area contributed by atoms with Crippen molar-refractivity contribution in [2.24, 2.45) is 0 Å². The van der Waals surface area contributed by atoms with Crippen molar-refractivity contribution in [2.45, 2.75) is 64.7 Å². The monoisotopic (exact) mass is 829 g/mol. The maximum Gasteiger partial charge on any atom is 0.132 e. The van der Waals surface area contributed by atoms with Crippen LogP contribution in [-0.2, 0) is 36.4 Å². The van der Waals surface area contributed by atoms with Crippen LogP contribution in [0.3, 0.4) is 0 Å². The molecule has 8 aromatic rings. The molecule has 0 spiro atoms. The molecule has 0 bridgehead atoms. The Bertz CT molecular complexity index is 2540. The summed E-state index contributed by atoms with van der Waals surface area (Å²) in [4.78, 5) is 9.19. The first-order valence-corrected chi connectivity index (χ1v) is 17.1. The van der Waals surface area contributed by atoms with Crippen molar-refractivity contribution in [1.82, 2.24) is 9.97 Å². The molecule has 0 unspecified atom stereocenters. The number of benzene rings is 5. The summed E-state index contributed by atoms with van der Waals surface area (Å²) in [6.45, 7) is 15.9. The SMILES string of the molecule is CC(C)(C)c1ccnc(-c2[c-]cccc2)c1.CC1(C)c2cccnc2-c2[c-]cc3c(oc4c3ccc3ccc5ccccc5c34)c2C1(C)C.[Ir]. The molecular weight excluding hydrogens is 789 g/mol. The molecule has 50 heavy (non-hydrogen) atoms. The predicted octanol–water partition coefficient (Wildman–Crippen LogP) is 12.2. The zero-order valence-electron chi connectivity index (χ0n) is 29.6. The molecule has 0 saturated carbocycles. The van der Waals surface area contributed by atoms with Gasteiger partial charge < -0.3 is 14.4 Å². The zero-order valence-corrected chi connectivity index (χ0v) is 32.0. The predicted molar refractivity (Wildman–Crippen MR) is 204 cm³/mol. The fourth-order valence-corrected chi connectivity index (χ4v) is 7.46. The van der Waals surface area contributed by atoms with Crippen LogP contribution >= 0.6 is 0 Å². The summed E-state index contributed by atoms with van der Waals surface area (Å²) in [5.74, 6) is 0. The molecule has 5 aromatic carbocycles. The topological polar surface area (TPSA) is 38.9 Å². The average Bonchev–Trinajstić information content (AvgIpc) is 3.50.